The maximum Gasteiger partial charge on any atom is 0.127 e. The zero-order valence-corrected chi connectivity index (χ0v) is 14.6. The van der Waals surface area contributed by atoms with E-state index in [1.165, 1.54) is 11.1 Å². The van der Waals surface area contributed by atoms with E-state index in [0.717, 1.165) is 33.3 Å². The molecule has 106 valence electrons. The van der Waals surface area contributed by atoms with Crippen LogP contribution in [0.5, 0.6) is 11.5 Å². The second-order valence-electron chi connectivity index (χ2n) is 4.26. The van der Waals surface area contributed by atoms with Crippen molar-refractivity contribution in [2.24, 2.45) is 0 Å². The fraction of sp³-hybridized carbons (Fsp3) is 0.250. The SMILES string of the molecule is COc1cccc(CBr)c1-c1c(CBr)cccc1OC. The zero-order chi connectivity index (χ0) is 14.5. The molecule has 0 spiro atoms. The Morgan fingerprint density at radius 3 is 1.45 bits per heavy atom. The van der Waals surface area contributed by atoms with Crippen LogP contribution in [0.2, 0.25) is 0 Å². The fourth-order valence-electron chi connectivity index (χ4n) is 2.28. The van der Waals surface area contributed by atoms with Gasteiger partial charge < -0.3 is 9.47 Å². The molecule has 2 nitrogen and oxygen atoms in total. The lowest BCUT2D eigenvalue weighted by Gasteiger charge is -2.18. The highest BCUT2D eigenvalue weighted by Gasteiger charge is 2.18. The summed E-state index contributed by atoms with van der Waals surface area (Å²) in [6, 6.07) is 12.1. The van der Waals surface area contributed by atoms with Crippen LogP contribution in [0.1, 0.15) is 11.1 Å². The molecule has 0 unspecified atom stereocenters. The summed E-state index contributed by atoms with van der Waals surface area (Å²) in [6.07, 6.45) is 0. The number of ether oxygens (including phenoxy) is 2. The third-order valence-electron chi connectivity index (χ3n) is 3.20. The molecule has 0 bridgehead atoms. The fourth-order valence-corrected chi connectivity index (χ4v) is 3.22. The predicted octanol–water partition coefficient (Wildman–Crippen LogP) is 5.16. The van der Waals surface area contributed by atoms with Gasteiger partial charge in [0.1, 0.15) is 11.5 Å². The largest absolute Gasteiger partial charge is 0.496 e. The van der Waals surface area contributed by atoms with Gasteiger partial charge in [-0.2, -0.15) is 0 Å². The average molecular weight is 400 g/mol. The summed E-state index contributed by atoms with van der Waals surface area (Å²) in [4.78, 5) is 0. The van der Waals surface area contributed by atoms with E-state index in [4.69, 9.17) is 9.47 Å². The summed E-state index contributed by atoms with van der Waals surface area (Å²) in [5.41, 5.74) is 4.52. The van der Waals surface area contributed by atoms with Crippen molar-refractivity contribution >= 4 is 31.9 Å². The van der Waals surface area contributed by atoms with Crippen molar-refractivity contribution in [1.82, 2.24) is 0 Å². The van der Waals surface area contributed by atoms with E-state index in [0.29, 0.717) is 0 Å². The topological polar surface area (TPSA) is 18.5 Å². The maximum atomic E-state index is 5.55. The van der Waals surface area contributed by atoms with Gasteiger partial charge in [-0.3, -0.25) is 0 Å². The second kappa shape index (κ2) is 7.14. The first-order valence-corrected chi connectivity index (χ1v) is 8.45. The molecular formula is C16H16Br2O2. The summed E-state index contributed by atoms with van der Waals surface area (Å²) < 4.78 is 11.1. The predicted molar refractivity (Wildman–Crippen MR) is 90.2 cm³/mol. The maximum absolute atomic E-state index is 5.55. The van der Waals surface area contributed by atoms with Gasteiger partial charge >= 0.3 is 0 Å². The molecule has 0 saturated carbocycles. The number of hydrogen-bond acceptors (Lipinski definition) is 2. The van der Waals surface area contributed by atoms with Crippen molar-refractivity contribution in [1.29, 1.82) is 0 Å². The van der Waals surface area contributed by atoms with Crippen LogP contribution in [0.3, 0.4) is 0 Å². The quantitative estimate of drug-likeness (QED) is 0.646. The average Bonchev–Trinajstić information content (AvgIpc) is 2.52. The smallest absolute Gasteiger partial charge is 0.127 e. The van der Waals surface area contributed by atoms with E-state index in [-0.39, 0.29) is 0 Å². The van der Waals surface area contributed by atoms with Crippen LogP contribution in [-0.2, 0) is 10.7 Å². The summed E-state index contributed by atoms with van der Waals surface area (Å²) >= 11 is 7.11. The van der Waals surface area contributed by atoms with E-state index in [1.54, 1.807) is 14.2 Å². The van der Waals surface area contributed by atoms with Crippen molar-refractivity contribution in [3.8, 4) is 22.6 Å². The third-order valence-corrected chi connectivity index (χ3v) is 4.41. The summed E-state index contributed by atoms with van der Waals surface area (Å²) in [5.74, 6) is 1.71. The Morgan fingerprint density at radius 2 is 1.15 bits per heavy atom. The van der Waals surface area contributed by atoms with Crippen LogP contribution < -0.4 is 9.47 Å². The number of benzene rings is 2. The van der Waals surface area contributed by atoms with Crippen LogP contribution in [0.4, 0.5) is 0 Å². The number of methoxy groups -OCH3 is 2. The lowest BCUT2D eigenvalue weighted by atomic mass is 9.94. The molecule has 0 aliphatic rings. The zero-order valence-electron chi connectivity index (χ0n) is 11.5. The standard InChI is InChI=1S/C16H16Br2O2/c1-19-13-7-3-5-11(9-17)15(13)16-12(10-18)6-4-8-14(16)20-2/h3-8H,9-10H2,1-2H3. The number of alkyl halides is 2. The first-order valence-electron chi connectivity index (χ1n) is 6.20. The molecule has 2 aromatic rings. The molecule has 2 rings (SSSR count). The molecule has 0 fully saturated rings. The minimum absolute atomic E-state index is 0.763. The van der Waals surface area contributed by atoms with E-state index < -0.39 is 0 Å². The Kier molecular flexibility index (Phi) is 5.49. The Balaban J connectivity index is 2.79. The molecule has 0 aliphatic heterocycles. The number of halogens is 2. The Morgan fingerprint density at radius 1 is 0.750 bits per heavy atom. The van der Waals surface area contributed by atoms with Gasteiger partial charge in [0, 0.05) is 21.8 Å². The Labute approximate surface area is 136 Å². The van der Waals surface area contributed by atoms with Crippen LogP contribution in [0, 0.1) is 0 Å². The molecule has 2 aromatic carbocycles. The monoisotopic (exact) mass is 398 g/mol. The first-order chi connectivity index (χ1) is 9.76. The van der Waals surface area contributed by atoms with Crippen molar-refractivity contribution in [2.45, 2.75) is 10.7 Å². The summed E-state index contributed by atoms with van der Waals surface area (Å²) in [6.45, 7) is 0. The highest BCUT2D eigenvalue weighted by atomic mass is 79.9. The van der Waals surface area contributed by atoms with Gasteiger partial charge in [-0.25, -0.2) is 0 Å². The number of hydrogen-bond donors (Lipinski definition) is 0. The molecule has 0 aliphatic carbocycles. The molecule has 0 aromatic heterocycles. The Bertz CT molecular complexity index is 499. The lowest BCUT2D eigenvalue weighted by molar-refractivity contribution is 0.410. The van der Waals surface area contributed by atoms with E-state index >= 15 is 0 Å². The highest BCUT2D eigenvalue weighted by Crippen LogP contribution is 2.42. The van der Waals surface area contributed by atoms with Crippen LogP contribution in [-0.4, -0.2) is 14.2 Å². The molecular weight excluding hydrogens is 384 g/mol. The highest BCUT2D eigenvalue weighted by molar-refractivity contribution is 9.08. The third kappa shape index (κ3) is 2.86. The first kappa shape index (κ1) is 15.4. The van der Waals surface area contributed by atoms with Gasteiger partial charge in [0.05, 0.1) is 14.2 Å². The van der Waals surface area contributed by atoms with Gasteiger partial charge in [-0.1, -0.05) is 56.1 Å². The van der Waals surface area contributed by atoms with E-state index in [1.807, 2.05) is 24.3 Å². The normalized spacial score (nSPS) is 10.4. The second-order valence-corrected chi connectivity index (χ2v) is 5.38. The van der Waals surface area contributed by atoms with Crippen molar-refractivity contribution < 1.29 is 9.47 Å². The minimum Gasteiger partial charge on any atom is -0.496 e. The van der Waals surface area contributed by atoms with Crippen molar-refractivity contribution in [3.63, 3.8) is 0 Å². The Hall–Kier alpha value is -1.00. The molecule has 0 N–H and O–H groups in total. The van der Waals surface area contributed by atoms with Gasteiger partial charge in [-0.05, 0) is 23.3 Å². The van der Waals surface area contributed by atoms with Crippen LogP contribution in [0.25, 0.3) is 11.1 Å². The number of rotatable bonds is 5. The van der Waals surface area contributed by atoms with Crippen LogP contribution >= 0.6 is 31.9 Å². The van der Waals surface area contributed by atoms with Crippen molar-refractivity contribution in [2.75, 3.05) is 14.2 Å². The van der Waals surface area contributed by atoms with Gasteiger partial charge in [-0.15, -0.1) is 0 Å². The molecule has 20 heavy (non-hydrogen) atoms. The van der Waals surface area contributed by atoms with Gasteiger partial charge in [0.2, 0.25) is 0 Å². The molecule has 4 heteroatoms. The molecule has 0 heterocycles. The molecule has 0 saturated heterocycles. The van der Waals surface area contributed by atoms with Crippen LogP contribution in [0.15, 0.2) is 36.4 Å². The van der Waals surface area contributed by atoms with E-state index in [9.17, 15) is 0 Å². The van der Waals surface area contributed by atoms with E-state index in [2.05, 4.69) is 44.0 Å². The molecule has 0 amide bonds. The molecule has 0 radical (unpaired) electrons. The van der Waals surface area contributed by atoms with Gasteiger partial charge in [0.25, 0.3) is 0 Å². The summed E-state index contributed by atoms with van der Waals surface area (Å²) in [7, 11) is 3.39. The lowest BCUT2D eigenvalue weighted by Crippen LogP contribution is -1.98. The van der Waals surface area contributed by atoms with Crippen molar-refractivity contribution in [3.05, 3.63) is 47.5 Å². The minimum atomic E-state index is 0.763. The molecule has 0 atom stereocenters. The summed E-state index contributed by atoms with van der Waals surface area (Å²) in [5, 5.41) is 1.53. The van der Waals surface area contributed by atoms with Gasteiger partial charge in [0.15, 0.2) is 0 Å².